The number of rotatable bonds is 1. The number of piperidine rings is 1. The fourth-order valence-electron chi connectivity index (χ4n) is 3.74. The molecule has 5 heterocycles. The van der Waals surface area contributed by atoms with Gasteiger partial charge in [0.15, 0.2) is 0 Å². The molecule has 9 nitrogen and oxygen atoms in total. The number of hydrogen-bond donors (Lipinski definition) is 0. The molecule has 2 aliphatic rings. The van der Waals surface area contributed by atoms with Gasteiger partial charge >= 0.3 is 0 Å². The largest absolute Gasteiger partial charge is 0.370 e. The van der Waals surface area contributed by atoms with Crippen molar-refractivity contribution in [3.63, 3.8) is 0 Å². The quantitative estimate of drug-likeness (QED) is 0.640. The van der Waals surface area contributed by atoms with E-state index >= 15 is 0 Å². The number of hydrogen-bond acceptors (Lipinski definition) is 5. The summed E-state index contributed by atoms with van der Waals surface area (Å²) in [6.07, 6.45) is 7.99. The Labute approximate surface area is 137 Å². The summed E-state index contributed by atoms with van der Waals surface area (Å²) in [7, 11) is 1.91. The van der Waals surface area contributed by atoms with Gasteiger partial charge in [-0.2, -0.15) is 5.10 Å². The highest BCUT2D eigenvalue weighted by atomic mass is 16.5. The minimum absolute atomic E-state index is 0.00233. The third-order valence-electron chi connectivity index (χ3n) is 4.98. The fraction of sp³-hybridized carbons (Fsp3) is 0.467. The molecule has 1 fully saturated rings. The number of ether oxygens (including phenoxy) is 1. The lowest BCUT2D eigenvalue weighted by Crippen LogP contribution is -2.49. The molecule has 0 radical (unpaired) electrons. The second kappa shape index (κ2) is 4.91. The highest BCUT2D eigenvalue weighted by Crippen LogP contribution is 2.30. The molecule has 3 aromatic rings. The van der Waals surface area contributed by atoms with Gasteiger partial charge in [0.25, 0.3) is 5.91 Å². The standard InChI is InChI=1S/C15H17N7O2/c1-19-4-5-21-14(19)11(7-17-21)15(23)20-3-2-13-12(8-20)22-10(9-24-13)6-16-18-22/h4-7,12-13H,2-3,8-9H2,1H3/t12-,13+/m1/s1. The average Bonchev–Trinajstić information content (AvgIpc) is 3.31. The molecule has 0 N–H and O–H groups in total. The zero-order valence-corrected chi connectivity index (χ0v) is 13.2. The number of aromatic nitrogens is 6. The predicted octanol–water partition coefficient (Wildman–Crippen LogP) is 0.250. The third kappa shape index (κ3) is 1.84. The Morgan fingerprint density at radius 2 is 2.25 bits per heavy atom. The van der Waals surface area contributed by atoms with Gasteiger partial charge in [0, 0.05) is 32.5 Å². The molecule has 124 valence electrons. The molecule has 0 saturated carbocycles. The van der Waals surface area contributed by atoms with Crippen molar-refractivity contribution in [2.24, 2.45) is 7.05 Å². The van der Waals surface area contributed by atoms with Gasteiger partial charge in [-0.1, -0.05) is 5.21 Å². The molecule has 0 aliphatic carbocycles. The topological polar surface area (TPSA) is 82.5 Å². The van der Waals surface area contributed by atoms with Crippen LogP contribution < -0.4 is 0 Å². The van der Waals surface area contributed by atoms with Crippen LogP contribution in [0.2, 0.25) is 0 Å². The van der Waals surface area contributed by atoms with Crippen molar-refractivity contribution in [1.82, 2.24) is 34.1 Å². The smallest absolute Gasteiger partial charge is 0.259 e. The van der Waals surface area contributed by atoms with Crippen molar-refractivity contribution < 1.29 is 9.53 Å². The Bertz CT molecular complexity index is 923. The first-order valence-electron chi connectivity index (χ1n) is 8.01. The molecule has 0 aromatic carbocycles. The number of likely N-dealkylation sites (tertiary alicyclic amines) is 1. The summed E-state index contributed by atoms with van der Waals surface area (Å²) in [4.78, 5) is 14.9. The fourth-order valence-corrected chi connectivity index (χ4v) is 3.74. The lowest BCUT2D eigenvalue weighted by molar-refractivity contribution is -0.0604. The summed E-state index contributed by atoms with van der Waals surface area (Å²) in [5.41, 5.74) is 2.39. The minimum Gasteiger partial charge on any atom is -0.370 e. The number of nitrogens with zero attached hydrogens (tertiary/aromatic N) is 7. The zero-order chi connectivity index (χ0) is 16.3. The van der Waals surface area contributed by atoms with Crippen LogP contribution in [0.3, 0.4) is 0 Å². The summed E-state index contributed by atoms with van der Waals surface area (Å²) in [6.45, 7) is 1.78. The van der Waals surface area contributed by atoms with Gasteiger partial charge in [0.05, 0.1) is 36.8 Å². The second-order valence-electron chi connectivity index (χ2n) is 6.36. The molecule has 1 amide bonds. The van der Waals surface area contributed by atoms with E-state index in [2.05, 4.69) is 15.4 Å². The number of imidazole rings is 1. The molecule has 5 rings (SSSR count). The van der Waals surface area contributed by atoms with Crippen molar-refractivity contribution in [3.8, 4) is 0 Å². The van der Waals surface area contributed by atoms with Crippen LogP contribution in [0.1, 0.15) is 28.5 Å². The molecular formula is C15H17N7O2. The van der Waals surface area contributed by atoms with E-state index in [-0.39, 0.29) is 18.1 Å². The average molecular weight is 327 g/mol. The van der Waals surface area contributed by atoms with Crippen molar-refractivity contribution in [2.45, 2.75) is 25.2 Å². The van der Waals surface area contributed by atoms with Crippen LogP contribution in [0.4, 0.5) is 0 Å². The van der Waals surface area contributed by atoms with Gasteiger partial charge in [-0.25, -0.2) is 9.20 Å². The monoisotopic (exact) mass is 327 g/mol. The van der Waals surface area contributed by atoms with E-state index in [1.807, 2.05) is 33.6 Å². The van der Waals surface area contributed by atoms with E-state index in [0.29, 0.717) is 25.3 Å². The van der Waals surface area contributed by atoms with Crippen LogP contribution >= 0.6 is 0 Å². The lowest BCUT2D eigenvalue weighted by atomic mass is 10.00. The first kappa shape index (κ1) is 13.7. The highest BCUT2D eigenvalue weighted by molar-refractivity contribution is 5.99. The van der Waals surface area contributed by atoms with Crippen LogP contribution in [-0.4, -0.2) is 59.2 Å². The summed E-state index contributed by atoms with van der Waals surface area (Å²) >= 11 is 0. The molecule has 1 saturated heterocycles. The number of amides is 1. The molecule has 24 heavy (non-hydrogen) atoms. The normalized spacial score (nSPS) is 23.3. The van der Waals surface area contributed by atoms with E-state index in [1.54, 1.807) is 16.9 Å². The summed E-state index contributed by atoms with van der Waals surface area (Å²) in [6, 6.07) is 0.0217. The zero-order valence-electron chi connectivity index (χ0n) is 13.2. The van der Waals surface area contributed by atoms with Crippen LogP contribution in [0.25, 0.3) is 5.65 Å². The van der Waals surface area contributed by atoms with Crippen LogP contribution in [0.5, 0.6) is 0 Å². The van der Waals surface area contributed by atoms with Gasteiger partial charge in [-0.3, -0.25) is 4.79 Å². The Morgan fingerprint density at radius 1 is 1.33 bits per heavy atom. The van der Waals surface area contributed by atoms with Crippen LogP contribution in [-0.2, 0) is 18.4 Å². The summed E-state index contributed by atoms with van der Waals surface area (Å²) in [5.74, 6) is -0.00233. The van der Waals surface area contributed by atoms with E-state index in [9.17, 15) is 4.79 Å². The van der Waals surface area contributed by atoms with Crippen molar-refractivity contribution >= 4 is 11.6 Å². The van der Waals surface area contributed by atoms with Gasteiger partial charge < -0.3 is 14.2 Å². The predicted molar refractivity (Wildman–Crippen MR) is 82.3 cm³/mol. The number of fused-ring (bicyclic) bond motifs is 4. The maximum Gasteiger partial charge on any atom is 0.259 e. The molecule has 0 unspecified atom stereocenters. The Balaban J connectivity index is 1.46. The molecule has 3 aromatic heterocycles. The van der Waals surface area contributed by atoms with Gasteiger partial charge in [-0.05, 0) is 6.42 Å². The molecule has 0 bridgehead atoms. The van der Waals surface area contributed by atoms with Gasteiger partial charge in [0.2, 0.25) is 0 Å². The Morgan fingerprint density at radius 3 is 3.17 bits per heavy atom. The number of carbonyl (C=O) groups is 1. The van der Waals surface area contributed by atoms with Gasteiger partial charge in [0.1, 0.15) is 11.2 Å². The molecular weight excluding hydrogens is 310 g/mol. The molecule has 0 spiro atoms. The van der Waals surface area contributed by atoms with Crippen LogP contribution in [0, 0.1) is 0 Å². The van der Waals surface area contributed by atoms with Crippen molar-refractivity contribution in [1.29, 1.82) is 0 Å². The molecule has 9 heteroatoms. The first-order chi connectivity index (χ1) is 11.7. The van der Waals surface area contributed by atoms with E-state index in [0.717, 1.165) is 17.8 Å². The van der Waals surface area contributed by atoms with Crippen molar-refractivity contribution in [2.75, 3.05) is 13.1 Å². The maximum atomic E-state index is 13.0. The van der Waals surface area contributed by atoms with E-state index < -0.39 is 0 Å². The molecule has 2 atom stereocenters. The SMILES string of the molecule is Cn1ccn2ncc(C(=O)N3CC[C@@H]4OCc5cnnn5[C@@H]4C3)c12. The Hall–Kier alpha value is -2.68. The lowest BCUT2D eigenvalue weighted by Gasteiger charge is -2.40. The summed E-state index contributed by atoms with van der Waals surface area (Å²) < 4.78 is 11.4. The third-order valence-corrected chi connectivity index (χ3v) is 4.98. The van der Waals surface area contributed by atoms with Gasteiger partial charge in [-0.15, -0.1) is 5.10 Å². The van der Waals surface area contributed by atoms with E-state index in [4.69, 9.17) is 4.74 Å². The number of carbonyl (C=O) groups excluding carboxylic acids is 1. The first-order valence-corrected chi connectivity index (χ1v) is 8.01. The highest BCUT2D eigenvalue weighted by Gasteiger charge is 2.38. The molecule has 2 aliphatic heterocycles. The number of aryl methyl sites for hydroxylation is 1. The van der Waals surface area contributed by atoms with E-state index in [1.165, 1.54) is 0 Å². The van der Waals surface area contributed by atoms with Crippen LogP contribution in [0.15, 0.2) is 24.8 Å². The maximum absolute atomic E-state index is 13.0. The Kier molecular flexibility index (Phi) is 2.81. The van der Waals surface area contributed by atoms with Crippen molar-refractivity contribution in [3.05, 3.63) is 36.0 Å². The second-order valence-corrected chi connectivity index (χ2v) is 6.36. The summed E-state index contributed by atoms with van der Waals surface area (Å²) in [5, 5.41) is 12.4. The minimum atomic E-state index is -0.00233.